The molecular formula is C38H39N5O5Si. The zero-order chi connectivity index (χ0) is 34.1. The number of amides is 2. The van der Waals surface area contributed by atoms with E-state index in [2.05, 4.69) is 10.3 Å². The minimum absolute atomic E-state index is 0.00983. The molecule has 4 atom stereocenters. The zero-order valence-corrected chi connectivity index (χ0v) is 28.8. The van der Waals surface area contributed by atoms with Gasteiger partial charge in [0.1, 0.15) is 0 Å². The fourth-order valence-electron chi connectivity index (χ4n) is 8.51. The first-order valence-electron chi connectivity index (χ1n) is 16.9. The highest BCUT2D eigenvalue weighted by Gasteiger charge is 2.66. The number of aromatic nitrogens is 3. The van der Waals surface area contributed by atoms with Gasteiger partial charge in [-0.05, 0) is 60.8 Å². The molecule has 8 rings (SSSR count). The standard InChI is InChI=1S/C38H39N5O5Si/c1-24-35(49(2,3)47)33(17-19-41-23-27(18-20-44)39-40-41)48-38(24)30-21-28(15-16-31(30)42(37(38)46)22-25-9-5-4-6-10-25)43-32-14-8-12-26-11-7-13-29(34(26)32)36(43)45/h4-16,21,23-24,33,35,44,47H,17-20,22H2,1-3H3/t24-,33+,35-,38+/m1/s1. The molecule has 11 heteroatoms. The smallest absolute Gasteiger partial charge is 0.264 e. The normalized spacial score (nSPS) is 23.0. The summed E-state index contributed by atoms with van der Waals surface area (Å²) in [5, 5.41) is 19.6. The van der Waals surface area contributed by atoms with Crippen molar-refractivity contribution in [2.45, 2.75) is 63.2 Å². The number of hydrogen-bond donors (Lipinski definition) is 2. The lowest BCUT2D eigenvalue weighted by molar-refractivity contribution is -0.146. The lowest BCUT2D eigenvalue weighted by atomic mass is 9.82. The summed E-state index contributed by atoms with van der Waals surface area (Å²) in [7, 11) is -2.90. The maximum absolute atomic E-state index is 15.0. The van der Waals surface area contributed by atoms with E-state index in [0.717, 1.165) is 27.7 Å². The minimum Gasteiger partial charge on any atom is -0.432 e. The van der Waals surface area contributed by atoms with Crippen molar-refractivity contribution in [1.29, 1.82) is 0 Å². The van der Waals surface area contributed by atoms with Crippen LogP contribution in [0.15, 0.2) is 91.1 Å². The average molecular weight is 674 g/mol. The number of aryl methyl sites for hydroxylation is 1. The number of carbonyl (C=O) groups excluding carboxylic acids is 2. The maximum Gasteiger partial charge on any atom is 0.264 e. The molecule has 0 bridgehead atoms. The Morgan fingerprint density at radius 2 is 1.73 bits per heavy atom. The van der Waals surface area contributed by atoms with Crippen LogP contribution in [0.4, 0.5) is 17.1 Å². The van der Waals surface area contributed by atoms with Crippen molar-refractivity contribution in [2.75, 3.05) is 16.4 Å². The topological polar surface area (TPSA) is 121 Å². The number of hydrogen-bond acceptors (Lipinski definition) is 7. The molecule has 2 N–H and O–H groups in total. The third-order valence-electron chi connectivity index (χ3n) is 10.6. The van der Waals surface area contributed by atoms with Gasteiger partial charge in [-0.2, -0.15) is 0 Å². The van der Waals surface area contributed by atoms with Crippen LogP contribution in [0, 0.1) is 5.92 Å². The van der Waals surface area contributed by atoms with E-state index >= 15 is 4.79 Å². The summed E-state index contributed by atoms with van der Waals surface area (Å²) in [4.78, 5) is 44.3. The molecule has 2 amide bonds. The highest BCUT2D eigenvalue weighted by molar-refractivity contribution is 6.71. The summed E-state index contributed by atoms with van der Waals surface area (Å²) in [5.41, 5.74) is 3.64. The Kier molecular flexibility index (Phi) is 7.56. The molecular weight excluding hydrogens is 635 g/mol. The lowest BCUT2D eigenvalue weighted by Crippen LogP contribution is -2.46. The molecule has 250 valence electrons. The van der Waals surface area contributed by atoms with E-state index in [4.69, 9.17) is 4.74 Å². The van der Waals surface area contributed by atoms with E-state index in [9.17, 15) is 14.7 Å². The van der Waals surface area contributed by atoms with Gasteiger partial charge in [0.25, 0.3) is 11.8 Å². The molecule has 5 aromatic rings. The number of anilines is 3. The van der Waals surface area contributed by atoms with Crippen LogP contribution >= 0.6 is 0 Å². The quantitative estimate of drug-likeness (QED) is 0.193. The number of ether oxygens (including phenoxy) is 1. The first-order valence-corrected chi connectivity index (χ1v) is 19.9. The van der Waals surface area contributed by atoms with E-state index in [1.807, 2.05) is 111 Å². The van der Waals surface area contributed by atoms with Gasteiger partial charge in [0.2, 0.25) is 0 Å². The number of carbonyl (C=O) groups is 2. The van der Waals surface area contributed by atoms with Crippen molar-refractivity contribution in [2.24, 2.45) is 5.92 Å². The first kappa shape index (κ1) is 31.6. The molecule has 3 aliphatic rings. The second kappa shape index (κ2) is 11.7. The molecule has 4 heterocycles. The van der Waals surface area contributed by atoms with Gasteiger partial charge >= 0.3 is 0 Å². The Morgan fingerprint density at radius 3 is 2.49 bits per heavy atom. The second-order valence-electron chi connectivity index (χ2n) is 14.0. The van der Waals surface area contributed by atoms with Crippen molar-refractivity contribution in [3.8, 4) is 0 Å². The van der Waals surface area contributed by atoms with Crippen LogP contribution < -0.4 is 9.80 Å². The van der Waals surface area contributed by atoms with Crippen LogP contribution in [0.5, 0.6) is 0 Å². The van der Waals surface area contributed by atoms with Gasteiger partial charge in [-0.25, -0.2) is 0 Å². The summed E-state index contributed by atoms with van der Waals surface area (Å²) in [6.45, 7) is 6.69. The van der Waals surface area contributed by atoms with Crippen molar-refractivity contribution >= 4 is 48.0 Å². The van der Waals surface area contributed by atoms with E-state index in [1.54, 1.807) is 14.5 Å². The SMILES string of the molecule is C[C@@H]1[C@@H]([Si](C)(C)O)[C@H](CCn2cc(CCO)nn2)O[C@@]12C(=O)N(Cc1ccccc1)c1ccc(N3C(=O)c4cccc5cccc3c45)cc12. The van der Waals surface area contributed by atoms with Crippen LogP contribution in [-0.4, -0.2) is 57.7 Å². The molecule has 1 aromatic heterocycles. The van der Waals surface area contributed by atoms with Crippen LogP contribution in [0.2, 0.25) is 18.6 Å². The fraction of sp³-hybridized carbons (Fsp3) is 0.316. The van der Waals surface area contributed by atoms with Gasteiger partial charge in [-0.3, -0.25) is 19.2 Å². The lowest BCUT2D eigenvalue weighted by Gasteiger charge is -2.32. The molecule has 0 radical (unpaired) electrons. The van der Waals surface area contributed by atoms with Gasteiger partial charge in [-0.1, -0.05) is 66.7 Å². The van der Waals surface area contributed by atoms with Gasteiger partial charge in [0.05, 0.1) is 35.3 Å². The minimum atomic E-state index is -2.90. The predicted molar refractivity (Wildman–Crippen MR) is 189 cm³/mol. The highest BCUT2D eigenvalue weighted by Crippen LogP contribution is 2.60. The number of nitrogens with zero attached hydrogens (tertiary/aromatic N) is 5. The van der Waals surface area contributed by atoms with Crippen LogP contribution in [0.25, 0.3) is 10.8 Å². The Hall–Kier alpha value is -4.68. The Balaban J connectivity index is 1.23. The summed E-state index contributed by atoms with van der Waals surface area (Å²) in [6.07, 6.45) is 2.31. The summed E-state index contributed by atoms with van der Waals surface area (Å²) >= 11 is 0. The monoisotopic (exact) mass is 673 g/mol. The maximum atomic E-state index is 15.0. The average Bonchev–Trinajstić information content (AvgIpc) is 3.80. The third-order valence-corrected chi connectivity index (χ3v) is 13.1. The molecule has 0 unspecified atom stereocenters. The van der Waals surface area contributed by atoms with E-state index in [0.29, 0.717) is 48.4 Å². The molecule has 3 aliphatic heterocycles. The highest BCUT2D eigenvalue weighted by atomic mass is 28.4. The molecule has 1 saturated heterocycles. The van der Waals surface area contributed by atoms with E-state index < -0.39 is 20.0 Å². The van der Waals surface area contributed by atoms with Gasteiger partial charge in [0, 0.05) is 53.9 Å². The largest absolute Gasteiger partial charge is 0.432 e. The Labute approximate surface area is 285 Å². The molecule has 49 heavy (non-hydrogen) atoms. The van der Waals surface area contributed by atoms with Crippen molar-refractivity contribution in [3.63, 3.8) is 0 Å². The Bertz CT molecular complexity index is 2090. The fourth-order valence-corrected chi connectivity index (χ4v) is 11.1. The molecule has 0 aliphatic carbocycles. The van der Waals surface area contributed by atoms with Crippen LogP contribution in [0.1, 0.15) is 40.5 Å². The summed E-state index contributed by atoms with van der Waals surface area (Å²) in [5.74, 6) is -0.632. The summed E-state index contributed by atoms with van der Waals surface area (Å²) in [6, 6.07) is 27.4. The number of rotatable bonds is 9. The predicted octanol–water partition coefficient (Wildman–Crippen LogP) is 5.69. The second-order valence-corrected chi connectivity index (χ2v) is 18.0. The zero-order valence-electron chi connectivity index (χ0n) is 27.8. The molecule has 1 spiro atoms. The van der Waals surface area contributed by atoms with Crippen molar-refractivity contribution in [1.82, 2.24) is 15.0 Å². The van der Waals surface area contributed by atoms with Crippen molar-refractivity contribution in [3.05, 3.63) is 114 Å². The van der Waals surface area contributed by atoms with Crippen LogP contribution in [0.3, 0.4) is 0 Å². The number of fused-ring (bicyclic) bond motifs is 2. The number of benzene rings is 4. The first-order chi connectivity index (χ1) is 23.6. The summed E-state index contributed by atoms with van der Waals surface area (Å²) < 4.78 is 8.82. The van der Waals surface area contributed by atoms with E-state index in [-0.39, 0.29) is 29.9 Å². The number of aliphatic hydroxyl groups excluding tert-OH is 1. The van der Waals surface area contributed by atoms with Crippen molar-refractivity contribution < 1.29 is 24.2 Å². The van der Waals surface area contributed by atoms with Gasteiger partial charge in [-0.15, -0.1) is 5.10 Å². The van der Waals surface area contributed by atoms with E-state index in [1.165, 1.54) is 0 Å². The third kappa shape index (κ3) is 4.94. The molecule has 1 fully saturated rings. The van der Waals surface area contributed by atoms with Crippen LogP contribution in [-0.2, 0) is 34.6 Å². The molecule has 10 nitrogen and oxygen atoms in total. The molecule has 4 aromatic carbocycles. The Morgan fingerprint density at radius 1 is 0.959 bits per heavy atom. The van der Waals surface area contributed by atoms with Gasteiger partial charge < -0.3 is 19.5 Å². The molecule has 0 saturated carbocycles. The number of aliphatic hydroxyl groups is 1. The van der Waals surface area contributed by atoms with Gasteiger partial charge in [0.15, 0.2) is 13.9 Å².